The molecule has 0 radical (unpaired) electrons. The van der Waals surface area contributed by atoms with Crippen LogP contribution in [0.2, 0.25) is 5.02 Å². The molecular weight excluding hydrogens is 420 g/mol. The van der Waals surface area contributed by atoms with Crippen molar-refractivity contribution in [3.63, 3.8) is 0 Å². The molecule has 1 aliphatic carbocycles. The van der Waals surface area contributed by atoms with Gasteiger partial charge in [0.1, 0.15) is 0 Å². The number of benzene rings is 1. The van der Waals surface area contributed by atoms with Crippen molar-refractivity contribution in [1.29, 1.82) is 0 Å². The van der Waals surface area contributed by atoms with Gasteiger partial charge in [-0.2, -0.15) is 0 Å². The molecule has 1 saturated heterocycles. The third-order valence-electron chi connectivity index (χ3n) is 7.56. The van der Waals surface area contributed by atoms with Gasteiger partial charge in [0.05, 0.1) is 6.04 Å². The van der Waals surface area contributed by atoms with Crippen molar-refractivity contribution in [2.45, 2.75) is 70.9 Å². The predicted molar refractivity (Wildman–Crippen MR) is 134 cm³/mol. The first-order valence-corrected chi connectivity index (χ1v) is 13.1. The molecule has 0 bridgehead atoms. The molecule has 0 spiro atoms. The minimum absolute atomic E-state index is 0.0781. The second-order valence-electron chi connectivity index (χ2n) is 9.60. The Balaban J connectivity index is 1.57. The van der Waals surface area contributed by atoms with E-state index in [9.17, 15) is 4.79 Å². The number of amides is 1. The van der Waals surface area contributed by atoms with Crippen molar-refractivity contribution in [3.8, 4) is 0 Å². The van der Waals surface area contributed by atoms with Crippen LogP contribution in [0.1, 0.15) is 57.9 Å². The lowest BCUT2D eigenvalue weighted by Crippen LogP contribution is -2.58. The van der Waals surface area contributed by atoms with E-state index in [1.807, 2.05) is 29.2 Å². The van der Waals surface area contributed by atoms with E-state index in [2.05, 4.69) is 23.6 Å². The molecule has 1 amide bonds. The van der Waals surface area contributed by atoms with Crippen LogP contribution in [0.4, 0.5) is 0 Å². The molecule has 1 aliphatic heterocycles. The molecule has 2 aliphatic rings. The minimum Gasteiger partial charge on any atom is -0.339 e. The SMILES string of the molecule is CCN(CC)CC(C1CCCCCC1)N1CCN(C(=O)C(N)Cc2ccc(Cl)cc2)CC1. The third kappa shape index (κ3) is 7.18. The topological polar surface area (TPSA) is 52.8 Å². The van der Waals surface area contributed by atoms with Crippen LogP contribution >= 0.6 is 11.6 Å². The van der Waals surface area contributed by atoms with E-state index in [0.717, 1.165) is 57.3 Å². The summed E-state index contributed by atoms with van der Waals surface area (Å²) in [6, 6.07) is 7.74. The first-order chi connectivity index (χ1) is 15.5. The minimum atomic E-state index is -0.490. The Morgan fingerprint density at radius 1 is 1.03 bits per heavy atom. The zero-order valence-electron chi connectivity index (χ0n) is 20.1. The van der Waals surface area contributed by atoms with Crippen molar-refractivity contribution in [1.82, 2.24) is 14.7 Å². The molecule has 1 heterocycles. The summed E-state index contributed by atoms with van der Waals surface area (Å²) >= 11 is 5.97. The molecule has 180 valence electrons. The highest BCUT2D eigenvalue weighted by Gasteiger charge is 2.33. The fraction of sp³-hybridized carbons (Fsp3) is 0.731. The van der Waals surface area contributed by atoms with Crippen molar-refractivity contribution >= 4 is 17.5 Å². The summed E-state index contributed by atoms with van der Waals surface area (Å²) in [6.07, 6.45) is 8.80. The van der Waals surface area contributed by atoms with Crippen molar-refractivity contribution < 1.29 is 4.79 Å². The number of halogens is 1. The fourth-order valence-corrected chi connectivity index (χ4v) is 5.60. The number of nitrogens with zero attached hydrogens (tertiary/aromatic N) is 3. The fourth-order valence-electron chi connectivity index (χ4n) is 5.47. The molecule has 3 rings (SSSR count). The maximum absolute atomic E-state index is 13.0. The summed E-state index contributed by atoms with van der Waals surface area (Å²) in [5, 5.41) is 0.706. The molecule has 5 nitrogen and oxygen atoms in total. The summed E-state index contributed by atoms with van der Waals surface area (Å²) in [5.74, 6) is 0.863. The molecule has 2 fully saturated rings. The van der Waals surface area contributed by atoms with Gasteiger partial charge in [-0.15, -0.1) is 0 Å². The van der Waals surface area contributed by atoms with E-state index in [1.165, 1.54) is 38.5 Å². The molecule has 2 atom stereocenters. The number of rotatable bonds is 9. The Morgan fingerprint density at radius 3 is 2.19 bits per heavy atom. The monoisotopic (exact) mass is 462 g/mol. The molecule has 2 N–H and O–H groups in total. The summed E-state index contributed by atoms with van der Waals surface area (Å²) in [4.78, 5) is 20.3. The standard InChI is InChI=1S/C26H43ClN4O/c1-3-29(4-2)20-25(22-9-7-5-6-8-10-22)30-15-17-31(18-16-30)26(32)24(28)19-21-11-13-23(27)14-12-21/h11-14,22,24-25H,3-10,15-20,28H2,1-2H3. The molecule has 1 aromatic rings. The Hall–Kier alpha value is -1.14. The first-order valence-electron chi connectivity index (χ1n) is 12.8. The van der Waals surface area contributed by atoms with Crippen molar-refractivity contribution in [3.05, 3.63) is 34.9 Å². The number of nitrogens with two attached hydrogens (primary N) is 1. The van der Waals surface area contributed by atoms with E-state index in [-0.39, 0.29) is 5.91 Å². The number of likely N-dealkylation sites (N-methyl/N-ethyl adjacent to an activating group) is 1. The van der Waals surface area contributed by atoms with Gasteiger partial charge in [-0.1, -0.05) is 63.3 Å². The second-order valence-corrected chi connectivity index (χ2v) is 10.0. The number of piperazine rings is 1. The number of hydrogen-bond donors (Lipinski definition) is 1. The van der Waals surface area contributed by atoms with Crippen LogP contribution in [0.5, 0.6) is 0 Å². The molecule has 2 unspecified atom stereocenters. The summed E-state index contributed by atoms with van der Waals surface area (Å²) in [5.41, 5.74) is 7.36. The number of carbonyl (C=O) groups excluding carboxylic acids is 1. The lowest BCUT2D eigenvalue weighted by molar-refractivity contribution is -0.135. The van der Waals surface area contributed by atoms with Crippen molar-refractivity contribution in [2.75, 3.05) is 45.8 Å². The quantitative estimate of drug-likeness (QED) is 0.563. The van der Waals surface area contributed by atoms with Crippen LogP contribution in [0.15, 0.2) is 24.3 Å². The lowest BCUT2D eigenvalue weighted by Gasteiger charge is -2.44. The Labute approximate surface area is 200 Å². The van der Waals surface area contributed by atoms with Crippen LogP contribution in [0.3, 0.4) is 0 Å². The van der Waals surface area contributed by atoms with Crippen LogP contribution in [-0.2, 0) is 11.2 Å². The summed E-state index contributed by atoms with van der Waals surface area (Å²) in [7, 11) is 0. The molecule has 1 saturated carbocycles. The third-order valence-corrected chi connectivity index (χ3v) is 7.82. The summed E-state index contributed by atoms with van der Waals surface area (Å²) < 4.78 is 0. The highest BCUT2D eigenvalue weighted by Crippen LogP contribution is 2.29. The highest BCUT2D eigenvalue weighted by atomic mass is 35.5. The predicted octanol–water partition coefficient (Wildman–Crippen LogP) is 4.03. The van der Waals surface area contributed by atoms with Crippen LogP contribution in [0, 0.1) is 5.92 Å². The maximum Gasteiger partial charge on any atom is 0.239 e. The molecule has 1 aromatic carbocycles. The van der Waals surface area contributed by atoms with Crippen LogP contribution in [-0.4, -0.2) is 78.5 Å². The van der Waals surface area contributed by atoms with E-state index in [1.54, 1.807) is 0 Å². The van der Waals surface area contributed by atoms with Gasteiger partial charge >= 0.3 is 0 Å². The molecule has 6 heteroatoms. The van der Waals surface area contributed by atoms with E-state index < -0.39 is 6.04 Å². The zero-order chi connectivity index (χ0) is 22.9. The van der Waals surface area contributed by atoms with Crippen molar-refractivity contribution in [2.24, 2.45) is 11.7 Å². The number of carbonyl (C=O) groups is 1. The molecule has 32 heavy (non-hydrogen) atoms. The van der Waals surface area contributed by atoms with Gasteiger partial charge in [0.25, 0.3) is 0 Å². The van der Waals surface area contributed by atoms with E-state index in [4.69, 9.17) is 17.3 Å². The van der Waals surface area contributed by atoms with E-state index in [0.29, 0.717) is 17.5 Å². The molecular formula is C26H43ClN4O. The average Bonchev–Trinajstić information content (AvgIpc) is 3.10. The summed E-state index contributed by atoms with van der Waals surface area (Å²) in [6.45, 7) is 11.4. The first kappa shape index (κ1) is 25.5. The van der Waals surface area contributed by atoms with Gasteiger partial charge in [-0.05, 0) is 56.0 Å². The number of hydrogen-bond acceptors (Lipinski definition) is 4. The van der Waals surface area contributed by atoms with Crippen LogP contribution in [0.25, 0.3) is 0 Å². The largest absolute Gasteiger partial charge is 0.339 e. The van der Waals surface area contributed by atoms with Gasteiger partial charge in [0, 0.05) is 43.8 Å². The smallest absolute Gasteiger partial charge is 0.239 e. The lowest BCUT2D eigenvalue weighted by atomic mass is 9.89. The normalized spacial score (nSPS) is 20.8. The van der Waals surface area contributed by atoms with Gasteiger partial charge in [-0.25, -0.2) is 0 Å². The maximum atomic E-state index is 13.0. The molecule has 0 aromatic heterocycles. The van der Waals surface area contributed by atoms with Gasteiger partial charge < -0.3 is 15.5 Å². The van der Waals surface area contributed by atoms with E-state index >= 15 is 0 Å². The van der Waals surface area contributed by atoms with Gasteiger partial charge in [-0.3, -0.25) is 9.69 Å². The Bertz CT molecular complexity index is 678. The highest BCUT2D eigenvalue weighted by molar-refractivity contribution is 6.30. The van der Waals surface area contributed by atoms with Gasteiger partial charge in [0.15, 0.2) is 0 Å². The van der Waals surface area contributed by atoms with Crippen LogP contribution < -0.4 is 5.73 Å². The Kier molecular flexibility index (Phi) is 10.3. The second kappa shape index (κ2) is 12.9. The average molecular weight is 463 g/mol. The Morgan fingerprint density at radius 2 is 1.62 bits per heavy atom. The zero-order valence-corrected chi connectivity index (χ0v) is 20.9. The van der Waals surface area contributed by atoms with Gasteiger partial charge in [0.2, 0.25) is 5.91 Å².